The number of hydrogen-bond donors (Lipinski definition) is 0. The molecule has 0 spiro atoms. The fraction of sp³-hybridized carbons (Fsp3) is 0.0909. The van der Waals surface area contributed by atoms with Crippen LogP contribution in [0.15, 0.2) is 88.8 Å². The van der Waals surface area contributed by atoms with Crippen molar-refractivity contribution in [2.45, 2.75) is 0 Å². The van der Waals surface area contributed by atoms with Crippen LogP contribution in [0.4, 0.5) is 17.1 Å². The maximum atomic E-state index is 4.48. The van der Waals surface area contributed by atoms with E-state index in [1.165, 1.54) is 0 Å². The molecule has 1 aliphatic rings. The van der Waals surface area contributed by atoms with E-state index >= 15 is 0 Å². The maximum absolute atomic E-state index is 4.48. The van der Waals surface area contributed by atoms with Crippen LogP contribution in [0.25, 0.3) is 0 Å². The summed E-state index contributed by atoms with van der Waals surface area (Å²) in [5, 5.41) is 0. The Bertz CT molecular complexity index is 856. The van der Waals surface area contributed by atoms with Crippen LogP contribution in [-0.4, -0.2) is 25.5 Å². The molecule has 0 saturated carbocycles. The average molecular weight is 325 g/mol. The highest BCUT2D eigenvalue weighted by atomic mass is 15.1. The molecule has 3 heteroatoms. The topological polar surface area (TPSA) is 28.0 Å². The van der Waals surface area contributed by atoms with Gasteiger partial charge in [0.15, 0.2) is 0 Å². The Morgan fingerprint density at radius 2 is 1.08 bits per heavy atom. The van der Waals surface area contributed by atoms with E-state index in [9.17, 15) is 0 Å². The van der Waals surface area contributed by atoms with E-state index in [0.717, 1.165) is 28.2 Å². The molecule has 25 heavy (non-hydrogen) atoms. The number of anilines is 3. The minimum absolute atomic E-state index is 0.697. The molecule has 3 nitrogen and oxygen atoms in total. The lowest BCUT2D eigenvalue weighted by Gasteiger charge is -2.26. The van der Waals surface area contributed by atoms with Gasteiger partial charge in [0.05, 0.1) is 13.1 Å². The Kier molecular flexibility index (Phi) is 4.38. The highest BCUT2D eigenvalue weighted by Gasteiger charge is 2.12. The van der Waals surface area contributed by atoms with Crippen LogP contribution >= 0.6 is 0 Å². The lowest BCUT2D eigenvalue weighted by atomic mass is 10.1. The number of fused-ring (bicyclic) bond motifs is 4. The lowest BCUT2D eigenvalue weighted by molar-refractivity contribution is 0.985. The molecule has 4 rings (SSSR count). The van der Waals surface area contributed by atoms with Crippen molar-refractivity contribution < 1.29 is 0 Å². The minimum atomic E-state index is 0.697. The predicted octanol–water partition coefficient (Wildman–Crippen LogP) is 5.01. The molecule has 1 aliphatic heterocycles. The molecule has 0 saturated heterocycles. The third-order valence-corrected chi connectivity index (χ3v) is 4.11. The molecule has 122 valence electrons. The molecule has 1 heterocycles. The average Bonchev–Trinajstić information content (AvgIpc) is 2.66. The van der Waals surface area contributed by atoms with Gasteiger partial charge < -0.3 is 4.90 Å². The smallest absolute Gasteiger partial charge is 0.0585 e. The second-order valence-corrected chi connectivity index (χ2v) is 5.93. The summed E-state index contributed by atoms with van der Waals surface area (Å²) in [5.74, 6) is 0. The number of para-hydroxylation sites is 1. The molecule has 0 atom stereocenters. The first-order chi connectivity index (χ1) is 12.4. The quantitative estimate of drug-likeness (QED) is 0.618. The fourth-order valence-corrected chi connectivity index (χ4v) is 2.97. The van der Waals surface area contributed by atoms with Crippen molar-refractivity contribution in [3.05, 3.63) is 90.0 Å². The second kappa shape index (κ2) is 7.14. The molecule has 0 N–H and O–H groups in total. The van der Waals surface area contributed by atoms with Gasteiger partial charge in [0.25, 0.3) is 0 Å². The van der Waals surface area contributed by atoms with Gasteiger partial charge in [0.1, 0.15) is 0 Å². The van der Waals surface area contributed by atoms with Crippen LogP contribution in [0, 0.1) is 0 Å². The van der Waals surface area contributed by atoms with Crippen LogP contribution < -0.4 is 4.90 Å². The third kappa shape index (κ3) is 3.50. The number of rotatable bonds is 1. The first kappa shape index (κ1) is 15.3. The highest BCUT2D eigenvalue weighted by molar-refractivity contribution is 5.87. The Balaban J connectivity index is 1.92. The van der Waals surface area contributed by atoms with E-state index in [0.29, 0.717) is 13.1 Å². The zero-order chi connectivity index (χ0) is 16.9. The zero-order valence-electron chi connectivity index (χ0n) is 13.9. The van der Waals surface area contributed by atoms with Gasteiger partial charge in [-0.25, -0.2) is 0 Å². The van der Waals surface area contributed by atoms with Gasteiger partial charge in [0, 0.05) is 29.5 Å². The van der Waals surface area contributed by atoms with E-state index < -0.39 is 0 Å². The summed E-state index contributed by atoms with van der Waals surface area (Å²) in [4.78, 5) is 11.2. The molecule has 3 aromatic carbocycles. The molecular formula is C22H19N3. The number of benzene rings is 3. The third-order valence-electron chi connectivity index (χ3n) is 4.11. The summed E-state index contributed by atoms with van der Waals surface area (Å²) in [6, 6.07) is 27.3. The molecule has 4 bridgehead atoms. The van der Waals surface area contributed by atoms with Gasteiger partial charge in [-0.1, -0.05) is 42.5 Å². The summed E-state index contributed by atoms with van der Waals surface area (Å²) >= 11 is 0. The van der Waals surface area contributed by atoms with Crippen LogP contribution in [0.3, 0.4) is 0 Å². The van der Waals surface area contributed by atoms with Crippen molar-refractivity contribution in [1.82, 2.24) is 0 Å². The Morgan fingerprint density at radius 1 is 0.560 bits per heavy atom. The van der Waals surface area contributed by atoms with E-state index in [-0.39, 0.29) is 0 Å². The number of aliphatic imine (C=N–C) groups is 2. The van der Waals surface area contributed by atoms with E-state index in [1.54, 1.807) is 0 Å². The lowest BCUT2D eigenvalue weighted by Crippen LogP contribution is -2.10. The molecule has 0 aromatic heterocycles. The summed E-state index contributed by atoms with van der Waals surface area (Å²) in [7, 11) is 0. The first-order valence-electron chi connectivity index (χ1n) is 8.45. The van der Waals surface area contributed by atoms with Gasteiger partial charge in [-0.15, -0.1) is 0 Å². The van der Waals surface area contributed by atoms with Crippen LogP contribution in [0.2, 0.25) is 0 Å². The van der Waals surface area contributed by atoms with Crippen LogP contribution in [0.1, 0.15) is 11.1 Å². The van der Waals surface area contributed by atoms with Crippen LogP contribution in [0.5, 0.6) is 0 Å². The number of nitrogens with zero attached hydrogens (tertiary/aromatic N) is 3. The van der Waals surface area contributed by atoms with Crippen LogP contribution in [-0.2, 0) is 0 Å². The standard InChI is InChI=1S/C22H19N3/c1-2-8-20(9-3-1)25-21-10-4-6-18(14-21)16-23-12-13-24-17-19-7-5-11-22(25)15-19/h1-11,14-17H,12-13H2. The molecule has 0 aliphatic carbocycles. The highest BCUT2D eigenvalue weighted by Crippen LogP contribution is 2.34. The Hall–Kier alpha value is -3.20. The molecule has 0 radical (unpaired) electrons. The normalized spacial score (nSPS) is 13.7. The summed E-state index contributed by atoms with van der Waals surface area (Å²) in [6.45, 7) is 1.39. The van der Waals surface area contributed by atoms with Crippen molar-refractivity contribution >= 4 is 29.5 Å². The van der Waals surface area contributed by atoms with E-state index in [2.05, 4.69) is 87.7 Å². The molecule has 0 amide bonds. The first-order valence-corrected chi connectivity index (χ1v) is 8.45. The summed E-state index contributed by atoms with van der Waals surface area (Å²) < 4.78 is 0. The number of hydrogen-bond acceptors (Lipinski definition) is 3. The van der Waals surface area contributed by atoms with Gasteiger partial charge in [-0.05, 0) is 47.5 Å². The fourth-order valence-electron chi connectivity index (χ4n) is 2.97. The monoisotopic (exact) mass is 325 g/mol. The van der Waals surface area contributed by atoms with Crippen molar-refractivity contribution in [3.8, 4) is 0 Å². The van der Waals surface area contributed by atoms with Gasteiger partial charge in [0.2, 0.25) is 0 Å². The second-order valence-electron chi connectivity index (χ2n) is 5.93. The SMILES string of the molecule is C1=NCCN=Cc2cccc(c2)N(c2ccccc2)c2cccc1c2. The largest absolute Gasteiger partial charge is 0.310 e. The van der Waals surface area contributed by atoms with E-state index in [1.807, 2.05) is 18.5 Å². The van der Waals surface area contributed by atoms with Crippen molar-refractivity contribution in [3.63, 3.8) is 0 Å². The van der Waals surface area contributed by atoms with Crippen molar-refractivity contribution in [1.29, 1.82) is 0 Å². The molecular weight excluding hydrogens is 306 g/mol. The summed E-state index contributed by atoms with van der Waals surface area (Å²) in [5.41, 5.74) is 5.54. The van der Waals surface area contributed by atoms with Gasteiger partial charge in [-0.3, -0.25) is 9.98 Å². The predicted molar refractivity (Wildman–Crippen MR) is 106 cm³/mol. The van der Waals surface area contributed by atoms with Gasteiger partial charge in [-0.2, -0.15) is 0 Å². The molecule has 0 unspecified atom stereocenters. The van der Waals surface area contributed by atoms with E-state index in [4.69, 9.17) is 0 Å². The minimum Gasteiger partial charge on any atom is -0.310 e. The Labute approximate surface area is 148 Å². The van der Waals surface area contributed by atoms with Crippen molar-refractivity contribution in [2.75, 3.05) is 18.0 Å². The maximum Gasteiger partial charge on any atom is 0.0585 e. The summed E-state index contributed by atoms with van der Waals surface area (Å²) in [6.07, 6.45) is 3.85. The Morgan fingerprint density at radius 3 is 1.64 bits per heavy atom. The van der Waals surface area contributed by atoms with Gasteiger partial charge >= 0.3 is 0 Å². The molecule has 0 fully saturated rings. The zero-order valence-corrected chi connectivity index (χ0v) is 13.9. The molecule has 3 aromatic rings. The van der Waals surface area contributed by atoms with Crippen molar-refractivity contribution in [2.24, 2.45) is 9.98 Å².